The third kappa shape index (κ3) is 3.77. The third-order valence-electron chi connectivity index (χ3n) is 4.12. The summed E-state index contributed by atoms with van der Waals surface area (Å²) in [6.07, 6.45) is 0.282. The number of rotatable bonds is 4. The van der Waals surface area contributed by atoms with Crippen molar-refractivity contribution in [2.45, 2.75) is 19.9 Å². The van der Waals surface area contributed by atoms with Crippen LogP contribution in [0.25, 0.3) is 0 Å². The molecule has 0 unspecified atom stereocenters. The molecule has 1 aliphatic heterocycles. The van der Waals surface area contributed by atoms with Crippen LogP contribution in [0.4, 0.5) is 5.69 Å². The Labute approximate surface area is 136 Å². The summed E-state index contributed by atoms with van der Waals surface area (Å²) in [7, 11) is 0. The molecule has 1 aliphatic rings. The largest absolute Gasteiger partial charge is 0.338 e. The van der Waals surface area contributed by atoms with Crippen molar-refractivity contribution in [3.8, 4) is 0 Å². The smallest absolute Gasteiger partial charge is 0.229 e. The average Bonchev–Trinajstić information content (AvgIpc) is 2.92. The van der Waals surface area contributed by atoms with Gasteiger partial charge in [-0.25, -0.2) is 0 Å². The lowest BCUT2D eigenvalue weighted by Crippen LogP contribution is -2.28. The molecule has 1 N–H and O–H groups in total. The SMILES string of the molecule is Cc1ccc(CN2C[C@@H](C(=O)Nc3ccccc3)CC2=O)cc1. The van der Waals surface area contributed by atoms with Gasteiger partial charge in [0.25, 0.3) is 0 Å². The van der Waals surface area contributed by atoms with E-state index in [1.165, 1.54) is 5.56 Å². The van der Waals surface area contributed by atoms with E-state index in [0.717, 1.165) is 11.3 Å². The van der Waals surface area contributed by atoms with Crippen LogP contribution in [0.15, 0.2) is 54.6 Å². The number of aryl methyl sites for hydroxylation is 1. The first-order valence-corrected chi connectivity index (χ1v) is 7.81. The highest BCUT2D eigenvalue weighted by Crippen LogP contribution is 2.22. The molecule has 118 valence electrons. The van der Waals surface area contributed by atoms with Gasteiger partial charge >= 0.3 is 0 Å². The molecule has 2 aromatic rings. The highest BCUT2D eigenvalue weighted by molar-refractivity contribution is 5.97. The van der Waals surface area contributed by atoms with Crippen LogP contribution >= 0.6 is 0 Å². The van der Waals surface area contributed by atoms with E-state index in [4.69, 9.17) is 0 Å². The fraction of sp³-hybridized carbons (Fsp3) is 0.263. The van der Waals surface area contributed by atoms with E-state index in [2.05, 4.69) is 5.32 Å². The topological polar surface area (TPSA) is 49.4 Å². The van der Waals surface area contributed by atoms with Crippen LogP contribution in [-0.2, 0) is 16.1 Å². The van der Waals surface area contributed by atoms with E-state index >= 15 is 0 Å². The predicted octanol–water partition coefficient (Wildman–Crippen LogP) is 2.98. The van der Waals surface area contributed by atoms with Gasteiger partial charge in [-0.2, -0.15) is 0 Å². The molecule has 4 heteroatoms. The highest BCUT2D eigenvalue weighted by Gasteiger charge is 2.34. The summed E-state index contributed by atoms with van der Waals surface area (Å²) in [6, 6.07) is 17.5. The van der Waals surface area contributed by atoms with Crippen molar-refractivity contribution < 1.29 is 9.59 Å². The van der Waals surface area contributed by atoms with Gasteiger partial charge in [-0.3, -0.25) is 9.59 Å². The first-order chi connectivity index (χ1) is 11.1. The molecule has 4 nitrogen and oxygen atoms in total. The summed E-state index contributed by atoms with van der Waals surface area (Å²) in [4.78, 5) is 26.2. The Morgan fingerprint density at radius 1 is 1.13 bits per heavy atom. The highest BCUT2D eigenvalue weighted by atomic mass is 16.2. The lowest BCUT2D eigenvalue weighted by Gasteiger charge is -2.17. The van der Waals surface area contributed by atoms with Crippen LogP contribution in [0, 0.1) is 12.8 Å². The maximum absolute atomic E-state index is 12.3. The second-order valence-electron chi connectivity index (χ2n) is 6.02. The number of likely N-dealkylation sites (tertiary alicyclic amines) is 1. The van der Waals surface area contributed by atoms with Gasteiger partial charge in [0, 0.05) is 25.2 Å². The minimum Gasteiger partial charge on any atom is -0.338 e. The third-order valence-corrected chi connectivity index (χ3v) is 4.12. The zero-order valence-electron chi connectivity index (χ0n) is 13.2. The number of carbonyl (C=O) groups is 2. The Kier molecular flexibility index (Phi) is 4.42. The Hall–Kier alpha value is -2.62. The minimum atomic E-state index is -0.284. The van der Waals surface area contributed by atoms with Crippen LogP contribution in [0.2, 0.25) is 0 Å². The second-order valence-corrected chi connectivity index (χ2v) is 6.02. The van der Waals surface area contributed by atoms with E-state index in [0.29, 0.717) is 13.1 Å². The van der Waals surface area contributed by atoms with Crippen molar-refractivity contribution in [2.75, 3.05) is 11.9 Å². The Morgan fingerprint density at radius 2 is 1.83 bits per heavy atom. The molecule has 0 spiro atoms. The van der Waals surface area contributed by atoms with Crippen molar-refractivity contribution >= 4 is 17.5 Å². The number of nitrogens with one attached hydrogen (secondary N) is 1. The van der Waals surface area contributed by atoms with Gasteiger partial charge in [0.2, 0.25) is 11.8 Å². The molecule has 0 aromatic heterocycles. The monoisotopic (exact) mass is 308 g/mol. The van der Waals surface area contributed by atoms with Gasteiger partial charge in [0.05, 0.1) is 5.92 Å². The van der Waals surface area contributed by atoms with Gasteiger partial charge in [-0.05, 0) is 24.6 Å². The van der Waals surface area contributed by atoms with Gasteiger partial charge < -0.3 is 10.2 Å². The first-order valence-electron chi connectivity index (χ1n) is 7.81. The maximum atomic E-state index is 12.3. The van der Waals surface area contributed by atoms with E-state index in [1.54, 1.807) is 4.90 Å². The van der Waals surface area contributed by atoms with Gasteiger partial charge in [-0.15, -0.1) is 0 Å². The van der Waals surface area contributed by atoms with Gasteiger partial charge in [0.15, 0.2) is 0 Å². The second kappa shape index (κ2) is 6.65. The van der Waals surface area contributed by atoms with Crippen LogP contribution in [0.3, 0.4) is 0 Å². The van der Waals surface area contributed by atoms with Gasteiger partial charge in [0.1, 0.15) is 0 Å². The molecule has 3 rings (SSSR count). The number of anilines is 1. The van der Waals surface area contributed by atoms with Crippen molar-refractivity contribution in [2.24, 2.45) is 5.92 Å². The van der Waals surface area contributed by atoms with E-state index in [1.807, 2.05) is 61.5 Å². The van der Waals surface area contributed by atoms with Crippen LogP contribution < -0.4 is 5.32 Å². The normalized spacial score (nSPS) is 17.3. The summed E-state index contributed by atoms with van der Waals surface area (Å²) < 4.78 is 0. The van der Waals surface area contributed by atoms with Crippen molar-refractivity contribution in [1.29, 1.82) is 0 Å². The summed E-state index contributed by atoms with van der Waals surface area (Å²) in [5.41, 5.74) is 3.05. The predicted molar refractivity (Wildman–Crippen MR) is 89.8 cm³/mol. The molecule has 1 saturated heterocycles. The Balaban J connectivity index is 1.60. The van der Waals surface area contributed by atoms with E-state index in [9.17, 15) is 9.59 Å². The Bertz CT molecular complexity index is 695. The van der Waals surface area contributed by atoms with Crippen LogP contribution in [-0.4, -0.2) is 23.3 Å². The molecule has 0 aliphatic carbocycles. The van der Waals surface area contributed by atoms with Crippen molar-refractivity contribution in [3.63, 3.8) is 0 Å². The molecule has 0 saturated carbocycles. The zero-order valence-corrected chi connectivity index (χ0v) is 13.2. The number of amides is 2. The lowest BCUT2D eigenvalue weighted by atomic mass is 10.1. The zero-order chi connectivity index (χ0) is 16.2. The fourth-order valence-corrected chi connectivity index (χ4v) is 2.78. The molecule has 23 heavy (non-hydrogen) atoms. The molecule has 0 bridgehead atoms. The summed E-state index contributed by atoms with van der Waals surface area (Å²) in [6.45, 7) is 3.08. The van der Waals surface area contributed by atoms with Crippen molar-refractivity contribution in [3.05, 3.63) is 65.7 Å². The fourth-order valence-electron chi connectivity index (χ4n) is 2.78. The lowest BCUT2D eigenvalue weighted by molar-refractivity contribution is -0.128. The number of hydrogen-bond acceptors (Lipinski definition) is 2. The first kappa shape index (κ1) is 15.3. The average molecular weight is 308 g/mol. The summed E-state index contributed by atoms with van der Waals surface area (Å²) >= 11 is 0. The number of para-hydroxylation sites is 1. The van der Waals surface area contributed by atoms with Gasteiger partial charge in [-0.1, -0.05) is 48.0 Å². The molecule has 1 heterocycles. The number of nitrogens with zero attached hydrogens (tertiary/aromatic N) is 1. The maximum Gasteiger partial charge on any atom is 0.229 e. The molecule has 0 radical (unpaired) electrons. The number of carbonyl (C=O) groups excluding carboxylic acids is 2. The Morgan fingerprint density at radius 3 is 2.52 bits per heavy atom. The molecule has 1 atom stereocenters. The molecule has 1 fully saturated rings. The number of hydrogen-bond donors (Lipinski definition) is 1. The summed E-state index contributed by atoms with van der Waals surface area (Å²) in [5.74, 6) is -0.331. The summed E-state index contributed by atoms with van der Waals surface area (Å²) in [5, 5.41) is 2.88. The minimum absolute atomic E-state index is 0.0405. The van der Waals surface area contributed by atoms with Crippen molar-refractivity contribution in [1.82, 2.24) is 4.90 Å². The number of benzene rings is 2. The van der Waals surface area contributed by atoms with E-state index < -0.39 is 0 Å². The van der Waals surface area contributed by atoms with E-state index in [-0.39, 0.29) is 24.2 Å². The standard InChI is InChI=1S/C19H20N2O2/c1-14-7-9-15(10-8-14)12-21-13-16(11-18(21)22)19(23)20-17-5-3-2-4-6-17/h2-10,16H,11-13H2,1H3,(H,20,23)/t16-/m0/s1. The van der Waals surface area contributed by atoms with Crippen LogP contribution in [0.5, 0.6) is 0 Å². The molecule has 2 amide bonds. The molecule has 2 aromatic carbocycles. The quantitative estimate of drug-likeness (QED) is 0.944. The molecular weight excluding hydrogens is 288 g/mol. The van der Waals surface area contributed by atoms with Crippen LogP contribution in [0.1, 0.15) is 17.5 Å². The molecular formula is C19H20N2O2.